The van der Waals surface area contributed by atoms with E-state index in [1.54, 1.807) is 0 Å². The van der Waals surface area contributed by atoms with Gasteiger partial charge in [0.05, 0.1) is 6.61 Å². The Hall–Kier alpha value is -1.06. The molecule has 0 amide bonds. The lowest BCUT2D eigenvalue weighted by Crippen LogP contribution is -2.55. The van der Waals surface area contributed by atoms with E-state index in [0.29, 0.717) is 12.1 Å². The lowest BCUT2D eigenvalue weighted by Gasteiger charge is -2.44. The van der Waals surface area contributed by atoms with E-state index in [0.717, 1.165) is 18.7 Å². The number of piperazine rings is 1. The van der Waals surface area contributed by atoms with Gasteiger partial charge in [-0.2, -0.15) is 0 Å². The van der Waals surface area contributed by atoms with E-state index < -0.39 is 0 Å². The van der Waals surface area contributed by atoms with Crippen molar-refractivity contribution in [1.82, 2.24) is 4.90 Å². The van der Waals surface area contributed by atoms with Crippen molar-refractivity contribution in [3.05, 3.63) is 29.8 Å². The van der Waals surface area contributed by atoms with E-state index in [-0.39, 0.29) is 6.61 Å². The van der Waals surface area contributed by atoms with Crippen LogP contribution in [0.15, 0.2) is 24.3 Å². The zero-order valence-electron chi connectivity index (χ0n) is 10.9. The van der Waals surface area contributed by atoms with E-state index in [1.807, 2.05) is 18.2 Å². The third-order valence-corrected chi connectivity index (χ3v) is 3.86. The third-order valence-electron chi connectivity index (χ3n) is 3.86. The summed E-state index contributed by atoms with van der Waals surface area (Å²) < 4.78 is 0. The zero-order valence-corrected chi connectivity index (χ0v) is 10.9. The van der Waals surface area contributed by atoms with Crippen LogP contribution in [0, 0.1) is 0 Å². The van der Waals surface area contributed by atoms with Gasteiger partial charge in [0.15, 0.2) is 0 Å². The van der Waals surface area contributed by atoms with Crippen molar-refractivity contribution in [1.29, 1.82) is 0 Å². The van der Waals surface area contributed by atoms with Gasteiger partial charge in [-0.15, -0.1) is 0 Å². The lowest BCUT2D eigenvalue weighted by molar-refractivity contribution is 0.169. The van der Waals surface area contributed by atoms with E-state index in [1.165, 1.54) is 5.69 Å². The van der Waals surface area contributed by atoms with Gasteiger partial charge in [-0.05, 0) is 27.0 Å². The van der Waals surface area contributed by atoms with E-state index in [2.05, 4.69) is 36.8 Å². The number of aliphatic hydroxyl groups excluding tert-OH is 1. The monoisotopic (exact) mass is 234 g/mol. The number of hydrogen-bond donors (Lipinski definition) is 1. The quantitative estimate of drug-likeness (QED) is 0.844. The minimum Gasteiger partial charge on any atom is -0.392 e. The number of likely N-dealkylation sites (N-methyl/N-ethyl adjacent to an activating group) is 1. The van der Waals surface area contributed by atoms with Crippen molar-refractivity contribution >= 4 is 5.69 Å². The van der Waals surface area contributed by atoms with Crippen LogP contribution >= 0.6 is 0 Å². The van der Waals surface area contributed by atoms with Crippen molar-refractivity contribution in [3.63, 3.8) is 0 Å². The fourth-order valence-electron chi connectivity index (χ4n) is 2.55. The number of para-hydroxylation sites is 1. The van der Waals surface area contributed by atoms with Crippen LogP contribution in [0.5, 0.6) is 0 Å². The summed E-state index contributed by atoms with van der Waals surface area (Å²) in [4.78, 5) is 4.80. The highest BCUT2D eigenvalue weighted by atomic mass is 16.3. The normalized spacial score (nSPS) is 26.2. The van der Waals surface area contributed by atoms with Crippen molar-refractivity contribution in [2.24, 2.45) is 0 Å². The van der Waals surface area contributed by atoms with Gasteiger partial charge in [0.1, 0.15) is 0 Å². The SMILES string of the molecule is CC1CN(c2ccccc2CO)CC(C)N1C. The van der Waals surface area contributed by atoms with Gasteiger partial charge in [0, 0.05) is 36.4 Å². The first kappa shape index (κ1) is 12.4. The standard InChI is InChI=1S/C14H22N2O/c1-11-8-16(9-12(2)15(11)3)14-7-5-4-6-13(14)10-17/h4-7,11-12,17H,8-10H2,1-3H3. The number of hydrogen-bond acceptors (Lipinski definition) is 3. The molecule has 0 saturated carbocycles. The molecule has 2 unspecified atom stereocenters. The molecule has 1 saturated heterocycles. The summed E-state index contributed by atoms with van der Waals surface area (Å²) in [6.45, 7) is 6.68. The van der Waals surface area contributed by atoms with Crippen LogP contribution in [0.1, 0.15) is 19.4 Å². The molecule has 17 heavy (non-hydrogen) atoms. The molecule has 2 atom stereocenters. The summed E-state index contributed by atoms with van der Waals surface area (Å²) in [5, 5.41) is 9.40. The third kappa shape index (κ3) is 2.45. The number of nitrogens with zero attached hydrogens (tertiary/aromatic N) is 2. The van der Waals surface area contributed by atoms with Gasteiger partial charge in [-0.25, -0.2) is 0 Å². The summed E-state index contributed by atoms with van der Waals surface area (Å²) in [6.07, 6.45) is 0. The summed E-state index contributed by atoms with van der Waals surface area (Å²) in [7, 11) is 2.19. The molecule has 0 radical (unpaired) electrons. The molecule has 2 rings (SSSR count). The molecule has 1 aromatic rings. The van der Waals surface area contributed by atoms with E-state index in [9.17, 15) is 5.11 Å². The molecule has 94 valence electrons. The molecule has 3 nitrogen and oxygen atoms in total. The van der Waals surface area contributed by atoms with E-state index >= 15 is 0 Å². The van der Waals surface area contributed by atoms with E-state index in [4.69, 9.17) is 0 Å². The Bertz CT molecular complexity index is 368. The molecular formula is C14H22N2O. The summed E-state index contributed by atoms with van der Waals surface area (Å²) >= 11 is 0. The molecule has 0 spiro atoms. The fraction of sp³-hybridized carbons (Fsp3) is 0.571. The molecule has 3 heteroatoms. The van der Waals surface area contributed by atoms with Crippen molar-refractivity contribution in [3.8, 4) is 0 Å². The first-order chi connectivity index (χ1) is 8.13. The van der Waals surface area contributed by atoms with Gasteiger partial charge < -0.3 is 10.0 Å². The molecule has 0 aliphatic carbocycles. The fourth-order valence-corrected chi connectivity index (χ4v) is 2.55. The molecule has 1 heterocycles. The average molecular weight is 234 g/mol. The molecular weight excluding hydrogens is 212 g/mol. The van der Waals surface area contributed by atoms with Crippen LogP contribution in [-0.2, 0) is 6.61 Å². The number of rotatable bonds is 2. The van der Waals surface area contributed by atoms with Crippen LogP contribution in [-0.4, -0.2) is 42.2 Å². The molecule has 1 N–H and O–H groups in total. The highest BCUT2D eigenvalue weighted by molar-refractivity contribution is 5.54. The van der Waals surface area contributed by atoms with Crippen molar-refractivity contribution in [2.75, 3.05) is 25.0 Å². The Balaban J connectivity index is 2.22. The molecule has 0 aromatic heterocycles. The summed E-state index contributed by atoms with van der Waals surface area (Å²) in [6, 6.07) is 9.23. The molecule has 1 aliphatic heterocycles. The van der Waals surface area contributed by atoms with Crippen LogP contribution in [0.2, 0.25) is 0 Å². The smallest absolute Gasteiger partial charge is 0.0702 e. The molecule has 1 aromatic carbocycles. The van der Waals surface area contributed by atoms with Crippen molar-refractivity contribution in [2.45, 2.75) is 32.5 Å². The first-order valence-electron chi connectivity index (χ1n) is 6.29. The number of aliphatic hydroxyl groups is 1. The molecule has 0 bridgehead atoms. The topological polar surface area (TPSA) is 26.7 Å². The summed E-state index contributed by atoms with van der Waals surface area (Å²) in [5.74, 6) is 0. The largest absolute Gasteiger partial charge is 0.392 e. The predicted molar refractivity (Wildman–Crippen MR) is 71.3 cm³/mol. The van der Waals surface area contributed by atoms with Crippen LogP contribution in [0.4, 0.5) is 5.69 Å². The van der Waals surface area contributed by atoms with Crippen LogP contribution < -0.4 is 4.90 Å². The Morgan fingerprint density at radius 1 is 1.18 bits per heavy atom. The maximum Gasteiger partial charge on any atom is 0.0702 e. The molecule has 1 aliphatic rings. The Kier molecular flexibility index (Phi) is 3.69. The van der Waals surface area contributed by atoms with Gasteiger partial charge in [0.25, 0.3) is 0 Å². The van der Waals surface area contributed by atoms with Crippen LogP contribution in [0.3, 0.4) is 0 Å². The zero-order chi connectivity index (χ0) is 12.4. The highest BCUT2D eigenvalue weighted by Gasteiger charge is 2.27. The van der Waals surface area contributed by atoms with Crippen LogP contribution in [0.25, 0.3) is 0 Å². The Labute approximate surface area is 104 Å². The first-order valence-corrected chi connectivity index (χ1v) is 6.29. The summed E-state index contributed by atoms with van der Waals surface area (Å²) in [5.41, 5.74) is 2.21. The van der Waals surface area contributed by atoms with Crippen molar-refractivity contribution < 1.29 is 5.11 Å². The maximum atomic E-state index is 9.40. The van der Waals surface area contributed by atoms with Gasteiger partial charge >= 0.3 is 0 Å². The Morgan fingerprint density at radius 3 is 2.35 bits per heavy atom. The second-order valence-electron chi connectivity index (χ2n) is 5.06. The Morgan fingerprint density at radius 2 is 1.76 bits per heavy atom. The molecule has 1 fully saturated rings. The minimum absolute atomic E-state index is 0.116. The maximum absolute atomic E-state index is 9.40. The predicted octanol–water partition coefficient (Wildman–Crippen LogP) is 1.71. The second kappa shape index (κ2) is 5.07. The van der Waals surface area contributed by atoms with Gasteiger partial charge in [0.2, 0.25) is 0 Å². The second-order valence-corrected chi connectivity index (χ2v) is 5.06. The lowest BCUT2D eigenvalue weighted by atomic mass is 10.1. The number of anilines is 1. The average Bonchev–Trinajstić information content (AvgIpc) is 2.35. The van der Waals surface area contributed by atoms with Gasteiger partial charge in [-0.1, -0.05) is 18.2 Å². The highest BCUT2D eigenvalue weighted by Crippen LogP contribution is 2.25. The number of benzene rings is 1. The van der Waals surface area contributed by atoms with Gasteiger partial charge in [-0.3, -0.25) is 4.90 Å². The minimum atomic E-state index is 0.116.